The third-order valence-corrected chi connectivity index (χ3v) is 4.00. The van der Waals surface area contributed by atoms with Crippen molar-refractivity contribution in [1.82, 2.24) is 5.32 Å². The van der Waals surface area contributed by atoms with Crippen LogP contribution >= 0.6 is 15.9 Å². The van der Waals surface area contributed by atoms with Gasteiger partial charge in [-0.25, -0.2) is 9.59 Å². The summed E-state index contributed by atoms with van der Waals surface area (Å²) in [5.41, 5.74) is 0.126. The molecule has 0 saturated carbocycles. The largest absolute Gasteiger partial charge is 0.478 e. The van der Waals surface area contributed by atoms with Crippen LogP contribution in [0.3, 0.4) is 0 Å². The number of nitrogens with one attached hydrogen (secondary N) is 2. The molecule has 0 bridgehead atoms. The maximum atomic E-state index is 12.0. The second kappa shape index (κ2) is 6.44. The Morgan fingerprint density at radius 1 is 1.43 bits per heavy atom. The molecule has 21 heavy (non-hydrogen) atoms. The highest BCUT2D eigenvalue weighted by atomic mass is 79.9. The van der Waals surface area contributed by atoms with Crippen LogP contribution in [-0.4, -0.2) is 35.9 Å². The molecule has 1 unspecified atom stereocenters. The quantitative estimate of drug-likeness (QED) is 0.776. The summed E-state index contributed by atoms with van der Waals surface area (Å²) in [7, 11) is 0. The van der Waals surface area contributed by atoms with E-state index in [4.69, 9.17) is 9.84 Å². The number of urea groups is 1. The number of rotatable bonds is 3. The number of hydrogen-bond donors (Lipinski definition) is 3. The van der Waals surface area contributed by atoms with Crippen LogP contribution in [0.15, 0.2) is 22.7 Å². The van der Waals surface area contributed by atoms with Gasteiger partial charge in [0.1, 0.15) is 0 Å². The van der Waals surface area contributed by atoms with Crippen molar-refractivity contribution < 1.29 is 19.4 Å². The van der Waals surface area contributed by atoms with Crippen LogP contribution in [-0.2, 0) is 4.74 Å². The van der Waals surface area contributed by atoms with Crippen molar-refractivity contribution in [2.75, 3.05) is 18.5 Å². The van der Waals surface area contributed by atoms with Gasteiger partial charge in [0.15, 0.2) is 0 Å². The van der Waals surface area contributed by atoms with Gasteiger partial charge in [0.2, 0.25) is 0 Å². The van der Waals surface area contributed by atoms with Gasteiger partial charge in [-0.15, -0.1) is 0 Å². The highest BCUT2D eigenvalue weighted by molar-refractivity contribution is 9.10. The molecule has 3 N–H and O–H groups in total. The number of anilines is 1. The molecule has 1 aromatic rings. The molecule has 0 aliphatic carbocycles. The normalized spacial score (nSPS) is 21.6. The van der Waals surface area contributed by atoms with Gasteiger partial charge in [-0.2, -0.15) is 0 Å². The first kappa shape index (κ1) is 15.8. The molecule has 6 nitrogen and oxygen atoms in total. The molecule has 1 atom stereocenters. The lowest BCUT2D eigenvalue weighted by Gasteiger charge is -2.34. The molecule has 1 heterocycles. The zero-order valence-corrected chi connectivity index (χ0v) is 13.2. The van der Waals surface area contributed by atoms with Gasteiger partial charge in [-0.1, -0.05) is 0 Å². The van der Waals surface area contributed by atoms with Crippen LogP contribution in [0.5, 0.6) is 0 Å². The number of aromatic carboxylic acids is 1. The summed E-state index contributed by atoms with van der Waals surface area (Å²) in [5, 5.41) is 14.6. The third-order valence-electron chi connectivity index (χ3n) is 3.31. The van der Waals surface area contributed by atoms with Gasteiger partial charge in [-0.05, 0) is 53.9 Å². The number of ether oxygens (including phenoxy) is 1. The Labute approximate surface area is 131 Å². The van der Waals surface area contributed by atoms with Crippen LogP contribution < -0.4 is 10.6 Å². The van der Waals surface area contributed by atoms with E-state index in [0.717, 1.165) is 12.8 Å². The van der Waals surface area contributed by atoms with Gasteiger partial charge in [0.25, 0.3) is 0 Å². The SMILES string of the molecule is CC1(NC(=O)Nc2ccc(Br)c(C(=O)O)c2)CCCOC1. The fourth-order valence-electron chi connectivity index (χ4n) is 2.24. The first-order valence-electron chi connectivity index (χ1n) is 6.59. The minimum atomic E-state index is -1.06. The second-order valence-electron chi connectivity index (χ2n) is 5.30. The number of carboxylic acid groups (broad SMARTS) is 1. The van der Waals surface area contributed by atoms with E-state index in [9.17, 15) is 9.59 Å². The third kappa shape index (κ3) is 4.18. The predicted octanol–water partition coefficient (Wildman–Crippen LogP) is 2.84. The number of carbonyl (C=O) groups excluding carboxylic acids is 1. The average molecular weight is 357 g/mol. The minimum absolute atomic E-state index is 0.0972. The number of amides is 2. The van der Waals surface area contributed by atoms with Crippen LogP contribution in [0.1, 0.15) is 30.1 Å². The fraction of sp³-hybridized carbons (Fsp3) is 0.429. The van der Waals surface area contributed by atoms with Gasteiger partial charge in [0.05, 0.1) is 17.7 Å². The standard InChI is InChI=1S/C14H17BrN2O4/c1-14(5-2-6-21-8-14)17-13(20)16-9-3-4-11(15)10(7-9)12(18)19/h3-4,7H,2,5-6,8H2,1H3,(H,18,19)(H2,16,17,20). The number of hydrogen-bond acceptors (Lipinski definition) is 3. The molecule has 0 aromatic heterocycles. The van der Waals surface area contributed by atoms with Gasteiger partial charge in [0, 0.05) is 16.8 Å². The minimum Gasteiger partial charge on any atom is -0.478 e. The summed E-state index contributed by atoms with van der Waals surface area (Å²) in [6.07, 6.45) is 1.75. The Hall–Kier alpha value is -1.60. The highest BCUT2D eigenvalue weighted by Crippen LogP contribution is 2.22. The van der Waals surface area contributed by atoms with Crippen molar-refractivity contribution in [3.05, 3.63) is 28.2 Å². The number of halogens is 1. The fourth-order valence-corrected chi connectivity index (χ4v) is 2.65. The Balaban J connectivity index is 2.02. The van der Waals surface area contributed by atoms with Crippen LogP contribution in [0, 0.1) is 0 Å². The molecule has 1 fully saturated rings. The number of carbonyl (C=O) groups is 2. The Morgan fingerprint density at radius 2 is 2.19 bits per heavy atom. The zero-order valence-electron chi connectivity index (χ0n) is 11.6. The Morgan fingerprint density at radius 3 is 2.81 bits per heavy atom. The van der Waals surface area contributed by atoms with E-state index in [1.54, 1.807) is 12.1 Å². The number of benzene rings is 1. The molecule has 1 saturated heterocycles. The van der Waals surface area contributed by atoms with Crippen molar-refractivity contribution in [3.8, 4) is 0 Å². The molecular formula is C14H17BrN2O4. The van der Waals surface area contributed by atoms with Crippen LogP contribution in [0.4, 0.5) is 10.5 Å². The molecule has 1 aliphatic rings. The molecule has 1 aromatic carbocycles. The van der Waals surface area contributed by atoms with E-state index < -0.39 is 11.5 Å². The molecule has 2 rings (SSSR count). The van der Waals surface area contributed by atoms with Gasteiger partial charge < -0.3 is 20.5 Å². The Bertz CT molecular complexity index is 556. The molecular weight excluding hydrogens is 340 g/mol. The molecule has 2 amide bonds. The first-order valence-corrected chi connectivity index (χ1v) is 7.39. The maximum absolute atomic E-state index is 12.0. The van der Waals surface area contributed by atoms with E-state index in [1.165, 1.54) is 6.07 Å². The van der Waals surface area contributed by atoms with E-state index in [0.29, 0.717) is 23.4 Å². The summed E-state index contributed by atoms with van der Waals surface area (Å²) in [6.45, 7) is 3.12. The molecule has 7 heteroatoms. The van der Waals surface area contributed by atoms with E-state index in [2.05, 4.69) is 26.6 Å². The average Bonchev–Trinajstić information content (AvgIpc) is 2.40. The lowest BCUT2D eigenvalue weighted by molar-refractivity contribution is 0.0342. The smallest absolute Gasteiger partial charge is 0.336 e. The van der Waals surface area contributed by atoms with Crippen molar-refractivity contribution in [2.45, 2.75) is 25.3 Å². The monoisotopic (exact) mass is 356 g/mol. The molecule has 114 valence electrons. The molecule has 0 spiro atoms. The van der Waals surface area contributed by atoms with Crippen molar-refractivity contribution in [1.29, 1.82) is 0 Å². The molecule has 0 radical (unpaired) electrons. The maximum Gasteiger partial charge on any atom is 0.336 e. The van der Waals surface area contributed by atoms with Gasteiger partial charge >= 0.3 is 12.0 Å². The van der Waals surface area contributed by atoms with Gasteiger partial charge in [-0.3, -0.25) is 0 Å². The second-order valence-corrected chi connectivity index (χ2v) is 6.15. The van der Waals surface area contributed by atoms with E-state index >= 15 is 0 Å². The van der Waals surface area contributed by atoms with Crippen LogP contribution in [0.25, 0.3) is 0 Å². The first-order chi connectivity index (χ1) is 9.89. The zero-order chi connectivity index (χ0) is 15.5. The number of carboxylic acids is 1. The van der Waals surface area contributed by atoms with E-state index in [1.807, 2.05) is 6.92 Å². The lowest BCUT2D eigenvalue weighted by atomic mass is 9.95. The van der Waals surface area contributed by atoms with Crippen molar-refractivity contribution in [3.63, 3.8) is 0 Å². The lowest BCUT2D eigenvalue weighted by Crippen LogP contribution is -2.52. The van der Waals surface area contributed by atoms with Crippen LogP contribution in [0.2, 0.25) is 0 Å². The van der Waals surface area contributed by atoms with Crippen molar-refractivity contribution in [2.24, 2.45) is 0 Å². The predicted molar refractivity (Wildman–Crippen MR) is 81.7 cm³/mol. The summed E-state index contributed by atoms with van der Waals surface area (Å²) < 4.78 is 5.84. The summed E-state index contributed by atoms with van der Waals surface area (Å²) in [4.78, 5) is 23.1. The summed E-state index contributed by atoms with van der Waals surface area (Å²) in [6, 6.07) is 4.26. The van der Waals surface area contributed by atoms with Crippen molar-refractivity contribution >= 4 is 33.6 Å². The van der Waals surface area contributed by atoms with E-state index in [-0.39, 0.29) is 11.6 Å². The topological polar surface area (TPSA) is 87.7 Å². The molecule has 1 aliphatic heterocycles. The summed E-state index contributed by atoms with van der Waals surface area (Å²) >= 11 is 3.16. The Kier molecular flexibility index (Phi) is 4.84. The highest BCUT2D eigenvalue weighted by Gasteiger charge is 2.29. The summed E-state index contributed by atoms with van der Waals surface area (Å²) in [5.74, 6) is -1.06.